The molecule has 56 heavy (non-hydrogen) atoms. The number of furan rings is 1. The quantitative estimate of drug-likeness (QED) is 0.160. The van der Waals surface area contributed by atoms with E-state index in [1.54, 1.807) is 0 Å². The van der Waals surface area contributed by atoms with E-state index in [-0.39, 0.29) is 0 Å². The van der Waals surface area contributed by atoms with E-state index in [4.69, 9.17) is 4.42 Å². The average molecular weight is 714 g/mol. The summed E-state index contributed by atoms with van der Waals surface area (Å²) in [6.07, 6.45) is 0. The molecule has 0 fully saturated rings. The maximum absolute atomic E-state index is 6.40. The first-order chi connectivity index (χ1) is 27.7. The lowest BCUT2D eigenvalue weighted by atomic mass is 9.94. The Morgan fingerprint density at radius 1 is 0.304 bits per heavy atom. The van der Waals surface area contributed by atoms with E-state index in [1.165, 1.54) is 60.1 Å². The lowest BCUT2D eigenvalue weighted by molar-refractivity contribution is 0.669. The molecule has 0 bridgehead atoms. The largest absolute Gasteiger partial charge is 0.456 e. The molecule has 1 heterocycles. The van der Waals surface area contributed by atoms with Gasteiger partial charge in [-0.25, -0.2) is 0 Å². The molecule has 0 N–H and O–H groups in total. The molecule has 0 aliphatic carbocycles. The van der Waals surface area contributed by atoms with Gasteiger partial charge < -0.3 is 9.32 Å². The van der Waals surface area contributed by atoms with Gasteiger partial charge in [-0.1, -0.05) is 164 Å². The van der Waals surface area contributed by atoms with E-state index in [0.29, 0.717) is 0 Å². The van der Waals surface area contributed by atoms with Gasteiger partial charge in [0, 0.05) is 16.8 Å². The first-order valence-corrected chi connectivity index (χ1v) is 19.2. The topological polar surface area (TPSA) is 16.4 Å². The molecule has 10 aromatic carbocycles. The van der Waals surface area contributed by atoms with Crippen molar-refractivity contribution in [2.24, 2.45) is 0 Å². The third-order valence-electron chi connectivity index (χ3n) is 11.2. The molecule has 0 atom stereocenters. The lowest BCUT2D eigenvalue weighted by Crippen LogP contribution is -2.10. The third-order valence-corrected chi connectivity index (χ3v) is 11.2. The third kappa shape index (κ3) is 5.42. The Hall–Kier alpha value is -7.42. The number of para-hydroxylation sites is 1. The van der Waals surface area contributed by atoms with E-state index in [0.717, 1.165) is 44.6 Å². The highest BCUT2D eigenvalue weighted by Crippen LogP contribution is 2.44. The second-order valence-corrected chi connectivity index (χ2v) is 14.5. The summed E-state index contributed by atoms with van der Waals surface area (Å²) in [5, 5.41) is 9.76. The van der Waals surface area contributed by atoms with Crippen molar-refractivity contribution in [3.8, 4) is 33.4 Å². The molecule has 0 unspecified atom stereocenters. The van der Waals surface area contributed by atoms with Crippen LogP contribution in [0.2, 0.25) is 0 Å². The maximum atomic E-state index is 6.40. The van der Waals surface area contributed by atoms with Crippen molar-refractivity contribution < 1.29 is 4.42 Å². The zero-order valence-corrected chi connectivity index (χ0v) is 30.6. The van der Waals surface area contributed by atoms with E-state index in [1.807, 2.05) is 12.1 Å². The monoisotopic (exact) mass is 713 g/mol. The number of rotatable bonds is 6. The molecule has 0 radical (unpaired) electrons. The molecule has 2 nitrogen and oxygen atoms in total. The smallest absolute Gasteiger partial charge is 0.137 e. The number of fused-ring (bicyclic) bond motifs is 7. The van der Waals surface area contributed by atoms with E-state index >= 15 is 0 Å². The van der Waals surface area contributed by atoms with Crippen LogP contribution in [0, 0.1) is 0 Å². The van der Waals surface area contributed by atoms with Gasteiger partial charge in [-0.2, -0.15) is 0 Å². The highest BCUT2D eigenvalue weighted by atomic mass is 16.3. The molecule has 1 aromatic heterocycles. The average Bonchev–Trinajstić information content (AvgIpc) is 3.66. The number of anilines is 3. The minimum absolute atomic E-state index is 0.869. The highest BCUT2D eigenvalue weighted by Gasteiger charge is 2.20. The van der Waals surface area contributed by atoms with Gasteiger partial charge in [-0.05, 0) is 114 Å². The van der Waals surface area contributed by atoms with Gasteiger partial charge in [0.1, 0.15) is 11.2 Å². The maximum Gasteiger partial charge on any atom is 0.137 e. The van der Waals surface area contributed by atoms with Crippen LogP contribution >= 0.6 is 0 Å². The van der Waals surface area contributed by atoms with Crippen molar-refractivity contribution in [2.45, 2.75) is 0 Å². The highest BCUT2D eigenvalue weighted by molar-refractivity contribution is 6.14. The number of nitrogens with zero attached hydrogens (tertiary/aromatic N) is 1. The van der Waals surface area contributed by atoms with Gasteiger partial charge >= 0.3 is 0 Å². The molecule has 0 amide bonds. The predicted molar refractivity (Wildman–Crippen MR) is 237 cm³/mol. The van der Waals surface area contributed by atoms with Crippen LogP contribution < -0.4 is 4.90 Å². The van der Waals surface area contributed by atoms with E-state index in [9.17, 15) is 0 Å². The molecule has 2 heteroatoms. The standard InChI is InChI=1S/C54H35NO/c1-2-12-41-34-43(27-26-36(41)10-1)38-24-22-37(23-25-38)42-13-7-14-45(35-42)55(51-19-9-21-53-54(51)50-16-5-6-20-52(50)56-53)44-31-28-40(29-32-44)47-17-8-18-48-46-15-4-3-11-39(46)30-33-49(47)48/h1-35H. The lowest BCUT2D eigenvalue weighted by Gasteiger charge is -2.27. The Bertz CT molecular complexity index is 3250. The molecule has 0 spiro atoms. The Kier molecular flexibility index (Phi) is 7.53. The zero-order valence-electron chi connectivity index (χ0n) is 30.6. The van der Waals surface area contributed by atoms with E-state index < -0.39 is 0 Å². The van der Waals surface area contributed by atoms with Crippen LogP contribution in [0.4, 0.5) is 17.1 Å². The summed E-state index contributed by atoms with van der Waals surface area (Å²) < 4.78 is 6.40. The molecule has 11 aromatic rings. The summed E-state index contributed by atoms with van der Waals surface area (Å²) >= 11 is 0. The summed E-state index contributed by atoms with van der Waals surface area (Å²) in [6.45, 7) is 0. The molecule has 0 aliphatic heterocycles. The molecule has 262 valence electrons. The zero-order chi connectivity index (χ0) is 37.0. The fraction of sp³-hybridized carbons (Fsp3) is 0. The van der Waals surface area contributed by atoms with Crippen molar-refractivity contribution in [1.29, 1.82) is 0 Å². The first-order valence-electron chi connectivity index (χ1n) is 19.2. The van der Waals surface area contributed by atoms with Gasteiger partial charge in [0.2, 0.25) is 0 Å². The summed E-state index contributed by atoms with van der Waals surface area (Å²) in [5.74, 6) is 0. The van der Waals surface area contributed by atoms with Crippen molar-refractivity contribution >= 4 is 71.3 Å². The Balaban J connectivity index is 1.02. The van der Waals surface area contributed by atoms with Crippen molar-refractivity contribution in [1.82, 2.24) is 0 Å². The van der Waals surface area contributed by atoms with Gasteiger partial charge in [0.25, 0.3) is 0 Å². The van der Waals surface area contributed by atoms with Crippen LogP contribution in [0.15, 0.2) is 217 Å². The van der Waals surface area contributed by atoms with Crippen molar-refractivity contribution in [3.05, 3.63) is 212 Å². The Labute approximate surface area is 325 Å². The summed E-state index contributed by atoms with van der Waals surface area (Å²) in [4.78, 5) is 2.37. The first kappa shape index (κ1) is 32.0. The molecule has 0 aliphatic rings. The Morgan fingerprint density at radius 2 is 0.911 bits per heavy atom. The molecular weight excluding hydrogens is 679 g/mol. The van der Waals surface area contributed by atoms with Gasteiger partial charge in [-0.3, -0.25) is 0 Å². The van der Waals surface area contributed by atoms with Gasteiger partial charge in [0.15, 0.2) is 0 Å². The molecular formula is C54H35NO. The van der Waals surface area contributed by atoms with Crippen LogP contribution in [-0.4, -0.2) is 0 Å². The van der Waals surface area contributed by atoms with Gasteiger partial charge in [0.05, 0.1) is 11.1 Å². The molecule has 11 rings (SSSR count). The summed E-state index contributed by atoms with van der Waals surface area (Å²) in [6, 6.07) is 76.5. The van der Waals surface area contributed by atoms with Crippen LogP contribution in [-0.2, 0) is 0 Å². The minimum Gasteiger partial charge on any atom is -0.456 e. The van der Waals surface area contributed by atoms with Crippen molar-refractivity contribution in [2.75, 3.05) is 4.90 Å². The van der Waals surface area contributed by atoms with E-state index in [2.05, 4.69) is 205 Å². The predicted octanol–water partition coefficient (Wildman–Crippen LogP) is 15.5. The van der Waals surface area contributed by atoms with Gasteiger partial charge in [-0.15, -0.1) is 0 Å². The fourth-order valence-electron chi connectivity index (χ4n) is 8.50. The molecule has 0 saturated carbocycles. The van der Waals surface area contributed by atoms with Crippen LogP contribution in [0.5, 0.6) is 0 Å². The normalized spacial score (nSPS) is 11.6. The van der Waals surface area contributed by atoms with Crippen LogP contribution in [0.1, 0.15) is 0 Å². The summed E-state index contributed by atoms with van der Waals surface area (Å²) in [7, 11) is 0. The SMILES string of the molecule is c1cc(-c2ccc(-c3ccc4ccccc4c3)cc2)cc(N(c2ccc(-c3cccc4c3ccc3ccccc34)cc2)c2cccc3oc4ccccc4c23)c1. The van der Waals surface area contributed by atoms with Crippen LogP contribution in [0.25, 0.3) is 87.6 Å². The number of hydrogen-bond donors (Lipinski definition) is 0. The summed E-state index contributed by atoms with van der Waals surface area (Å²) in [5.41, 5.74) is 12.1. The molecule has 0 saturated heterocycles. The Morgan fingerprint density at radius 3 is 1.75 bits per heavy atom. The fourth-order valence-corrected chi connectivity index (χ4v) is 8.50. The van der Waals surface area contributed by atoms with Crippen molar-refractivity contribution in [3.63, 3.8) is 0 Å². The second kappa shape index (κ2) is 13.2. The number of hydrogen-bond acceptors (Lipinski definition) is 2. The minimum atomic E-state index is 0.869. The number of benzene rings is 10. The van der Waals surface area contributed by atoms with Crippen LogP contribution in [0.3, 0.4) is 0 Å². The second-order valence-electron chi connectivity index (χ2n) is 14.5.